The first-order valence-electron chi connectivity index (χ1n) is 12.6. The lowest BCUT2D eigenvalue weighted by Gasteiger charge is -2.57. The molecule has 5 rings (SSSR count). The van der Waals surface area contributed by atoms with E-state index in [4.69, 9.17) is 8.85 Å². The molecular weight excluding hydrogens is 358 g/mol. The molecule has 0 bridgehead atoms. The van der Waals surface area contributed by atoms with Crippen LogP contribution in [0.5, 0.6) is 0 Å². The van der Waals surface area contributed by atoms with Crippen molar-refractivity contribution >= 4 is 11.5 Å². The topological polar surface area (TPSA) is 39.2 Å². The van der Waals surface area contributed by atoms with Gasteiger partial charge in [0.2, 0.25) is 0 Å². The first-order valence-corrected chi connectivity index (χ1v) is 11.1. The molecule has 2 fully saturated rings. The van der Waals surface area contributed by atoms with Gasteiger partial charge in [0.1, 0.15) is 6.10 Å². The van der Waals surface area contributed by atoms with Crippen molar-refractivity contribution in [2.24, 2.45) is 28.6 Å². The number of aromatic nitrogens is 1. The third-order valence-electron chi connectivity index (χ3n) is 8.47. The third-order valence-corrected chi connectivity index (χ3v) is 8.47. The number of carbonyl (C=O) groups is 1. The summed E-state index contributed by atoms with van der Waals surface area (Å²) in [5, 5.41) is 0. The number of hydrogen-bond acceptors (Lipinski definition) is 3. The third kappa shape index (κ3) is 2.92. The summed E-state index contributed by atoms with van der Waals surface area (Å²) in [5.41, 5.74) is 2.92. The molecular formula is C26H33NO2. The first-order chi connectivity index (χ1) is 15.2. The lowest BCUT2D eigenvalue weighted by atomic mass is 9.47. The predicted molar refractivity (Wildman–Crippen MR) is 115 cm³/mol. The minimum absolute atomic E-state index is 0.0699. The Kier molecular flexibility index (Phi) is 3.73. The molecule has 0 aliphatic heterocycles. The van der Waals surface area contributed by atoms with Crippen LogP contribution in [0.3, 0.4) is 0 Å². The highest BCUT2D eigenvalue weighted by molar-refractivity contribution is 5.72. The molecule has 0 N–H and O–H groups in total. The summed E-state index contributed by atoms with van der Waals surface area (Å²) in [6.45, 7) is 1.78. The van der Waals surface area contributed by atoms with Gasteiger partial charge in [-0.05, 0) is 84.3 Å². The molecule has 3 nitrogen and oxygen atoms in total. The molecule has 0 spiro atoms. The first kappa shape index (κ1) is 15.9. The quantitative estimate of drug-likeness (QED) is 0.458. The number of fused-ring (bicyclic) bond motifs is 5. The van der Waals surface area contributed by atoms with Crippen molar-refractivity contribution in [3.05, 3.63) is 47.8 Å². The number of ether oxygens (including phenoxy) is 1. The van der Waals surface area contributed by atoms with Crippen LogP contribution in [0.15, 0.2) is 42.3 Å². The Balaban J connectivity index is 1.49. The molecule has 1 aromatic heterocycles. The maximum absolute atomic E-state index is 11.5. The second-order valence-corrected chi connectivity index (χ2v) is 9.84. The van der Waals surface area contributed by atoms with Gasteiger partial charge in [-0.3, -0.25) is 9.78 Å². The summed E-state index contributed by atoms with van der Waals surface area (Å²) in [6.07, 6.45) is 13.9. The van der Waals surface area contributed by atoms with Gasteiger partial charge in [-0.2, -0.15) is 0 Å². The molecule has 0 aromatic carbocycles. The lowest BCUT2D eigenvalue weighted by molar-refractivity contribution is -0.148. The van der Waals surface area contributed by atoms with E-state index in [2.05, 4.69) is 30.1 Å². The summed E-state index contributed by atoms with van der Waals surface area (Å²) in [4.78, 5) is 15.9. The highest BCUT2D eigenvalue weighted by atomic mass is 16.5. The van der Waals surface area contributed by atoms with E-state index in [0.29, 0.717) is 31.1 Å². The van der Waals surface area contributed by atoms with Crippen LogP contribution in [0.2, 0.25) is 0 Å². The molecule has 6 atom stereocenters. The van der Waals surface area contributed by atoms with Crippen LogP contribution in [0, 0.1) is 28.6 Å². The van der Waals surface area contributed by atoms with E-state index in [1.807, 2.05) is 18.5 Å². The number of pyridine rings is 1. The summed E-state index contributed by atoms with van der Waals surface area (Å²) in [6, 6.07) is 4.15. The van der Waals surface area contributed by atoms with Crippen LogP contribution in [0.1, 0.15) is 75.3 Å². The van der Waals surface area contributed by atoms with Gasteiger partial charge < -0.3 is 4.74 Å². The smallest absolute Gasteiger partial charge is 0.302 e. The number of carbonyl (C=O) groups excluding carboxylic acids is 1. The van der Waals surface area contributed by atoms with E-state index < -0.39 is 12.3 Å². The molecule has 4 aliphatic carbocycles. The fourth-order valence-corrected chi connectivity index (χ4v) is 7.15. The van der Waals surface area contributed by atoms with Crippen molar-refractivity contribution in [1.82, 2.24) is 4.98 Å². The minimum Gasteiger partial charge on any atom is -0.462 e. The molecule has 4 aliphatic rings. The molecule has 1 aromatic rings. The summed E-state index contributed by atoms with van der Waals surface area (Å²) in [5.74, 6) is 0.709. The van der Waals surface area contributed by atoms with Gasteiger partial charge in [-0.25, -0.2) is 0 Å². The molecule has 29 heavy (non-hydrogen) atoms. The second-order valence-electron chi connectivity index (χ2n) is 9.84. The van der Waals surface area contributed by atoms with Crippen molar-refractivity contribution in [3.63, 3.8) is 0 Å². The number of nitrogens with zero attached hydrogens (tertiary/aromatic N) is 1. The van der Waals surface area contributed by atoms with Crippen LogP contribution >= 0.6 is 0 Å². The van der Waals surface area contributed by atoms with Gasteiger partial charge in [0.05, 0.1) is 0 Å². The van der Waals surface area contributed by atoms with Gasteiger partial charge in [-0.1, -0.05) is 37.6 Å². The number of hydrogen-bond donors (Lipinski definition) is 0. The van der Waals surface area contributed by atoms with E-state index >= 15 is 0 Å². The van der Waals surface area contributed by atoms with Gasteiger partial charge >= 0.3 is 5.97 Å². The zero-order valence-corrected chi connectivity index (χ0v) is 17.5. The van der Waals surface area contributed by atoms with E-state index in [1.54, 1.807) is 0 Å². The lowest BCUT2D eigenvalue weighted by Crippen LogP contribution is -2.50. The standard InChI is InChI=1S/C26H33NO2/c1-17(28)29-20-10-12-25(2)19(15-20)6-7-21-23-9-8-22(18-5-4-14-27-16-18)26(23,3)13-11-24(21)25/h4-6,8,14,16,20-21,23-24H,7,9-13,15H2,1-3H3/t20-,21?,23?,24?,25-,26+/m0/s1/i2D3. The zero-order valence-electron chi connectivity index (χ0n) is 20.5. The van der Waals surface area contributed by atoms with Crippen LogP contribution in [-0.4, -0.2) is 17.1 Å². The van der Waals surface area contributed by atoms with Gasteiger partial charge in [0.15, 0.2) is 0 Å². The molecule has 3 heteroatoms. The van der Waals surface area contributed by atoms with E-state index in [9.17, 15) is 4.79 Å². The van der Waals surface area contributed by atoms with E-state index in [1.165, 1.54) is 18.1 Å². The van der Waals surface area contributed by atoms with Crippen LogP contribution < -0.4 is 0 Å². The Morgan fingerprint density at radius 2 is 2.07 bits per heavy atom. The Morgan fingerprint density at radius 1 is 1.21 bits per heavy atom. The second kappa shape index (κ2) is 6.82. The maximum atomic E-state index is 11.5. The van der Waals surface area contributed by atoms with Crippen LogP contribution in [0.4, 0.5) is 0 Å². The van der Waals surface area contributed by atoms with Crippen molar-refractivity contribution in [2.75, 3.05) is 0 Å². The van der Waals surface area contributed by atoms with Gasteiger partial charge in [-0.15, -0.1) is 0 Å². The number of rotatable bonds is 2. The molecule has 2 saturated carbocycles. The van der Waals surface area contributed by atoms with Crippen LogP contribution in [0.25, 0.3) is 5.57 Å². The highest BCUT2D eigenvalue weighted by Crippen LogP contribution is 2.66. The minimum atomic E-state index is -2.05. The van der Waals surface area contributed by atoms with E-state index in [-0.39, 0.29) is 23.4 Å². The van der Waals surface area contributed by atoms with Crippen molar-refractivity contribution < 1.29 is 13.6 Å². The van der Waals surface area contributed by atoms with Crippen molar-refractivity contribution in [2.45, 2.75) is 71.7 Å². The highest BCUT2D eigenvalue weighted by Gasteiger charge is 2.56. The zero-order chi connectivity index (χ0) is 22.7. The number of esters is 1. The summed E-state index contributed by atoms with van der Waals surface area (Å²) >= 11 is 0. The van der Waals surface area contributed by atoms with Crippen molar-refractivity contribution in [3.8, 4) is 0 Å². The number of allylic oxidation sites excluding steroid dienone is 3. The molecule has 3 unspecified atom stereocenters. The Labute approximate surface area is 178 Å². The molecule has 0 radical (unpaired) electrons. The average Bonchev–Trinajstić information content (AvgIpc) is 3.10. The molecule has 0 saturated heterocycles. The SMILES string of the molecule is [2H]C([2H])([2H])[C@]12CC[C@H](OC(C)=O)CC1=CCC1C3CC=C(c4cccnc4)[C@@]3(C)CCC12. The van der Waals surface area contributed by atoms with E-state index in [0.717, 1.165) is 31.3 Å². The Hall–Kier alpha value is -1.90. The monoisotopic (exact) mass is 394 g/mol. The molecule has 1 heterocycles. The summed E-state index contributed by atoms with van der Waals surface area (Å²) in [7, 11) is 0. The predicted octanol–water partition coefficient (Wildman–Crippen LogP) is 5.97. The van der Waals surface area contributed by atoms with Crippen molar-refractivity contribution in [1.29, 1.82) is 0 Å². The average molecular weight is 395 g/mol. The Bertz CT molecular complexity index is 969. The molecule has 154 valence electrons. The Morgan fingerprint density at radius 3 is 2.83 bits per heavy atom. The van der Waals surface area contributed by atoms with Crippen LogP contribution in [-0.2, 0) is 9.53 Å². The maximum Gasteiger partial charge on any atom is 0.302 e. The van der Waals surface area contributed by atoms with Gasteiger partial charge in [0, 0.05) is 29.9 Å². The van der Waals surface area contributed by atoms with Gasteiger partial charge in [0.25, 0.3) is 0 Å². The molecule has 0 amide bonds. The summed E-state index contributed by atoms with van der Waals surface area (Å²) < 4.78 is 31.4. The largest absolute Gasteiger partial charge is 0.462 e. The normalized spacial score (nSPS) is 42.8. The fourth-order valence-electron chi connectivity index (χ4n) is 7.15. The fraction of sp³-hybridized carbons (Fsp3) is 0.615.